The van der Waals surface area contributed by atoms with Crippen molar-refractivity contribution in [2.75, 3.05) is 19.8 Å². The molecule has 2 fully saturated rings. The summed E-state index contributed by atoms with van der Waals surface area (Å²) in [6.45, 7) is 4.81. The van der Waals surface area contributed by atoms with E-state index in [0.717, 1.165) is 38.5 Å². The summed E-state index contributed by atoms with van der Waals surface area (Å²) in [6.07, 6.45) is 19.2. The molecule has 14 nitrogen and oxygen atoms in total. The molecule has 344 valence electrons. The molecule has 0 aromatic rings. The van der Waals surface area contributed by atoms with Gasteiger partial charge in [0, 0.05) is 19.8 Å². The van der Waals surface area contributed by atoms with Gasteiger partial charge < -0.3 is 60.6 Å². The number of hydrogen-bond acceptors (Lipinski definition) is 11. The first-order valence-electron chi connectivity index (χ1n) is 23.0. The Labute approximate surface area is 350 Å². The summed E-state index contributed by atoms with van der Waals surface area (Å²) in [7, 11) is 0. The fourth-order valence-corrected chi connectivity index (χ4v) is 7.96. The van der Waals surface area contributed by atoms with Crippen molar-refractivity contribution in [2.45, 2.75) is 249 Å². The number of rotatable bonds is 34. The number of hydrogen-bond donors (Lipinski definition) is 7. The van der Waals surface area contributed by atoms with Gasteiger partial charge in [-0.2, -0.15) is 0 Å². The highest BCUT2D eigenvalue weighted by Crippen LogP contribution is 2.30. The number of ether oxygens (including phenoxy) is 4. The maximum Gasteiger partial charge on any atom is 0.220 e. The molecule has 0 aromatic carbocycles. The van der Waals surface area contributed by atoms with E-state index in [9.17, 15) is 35.1 Å². The molecular formula is C44H86N2O12. The highest BCUT2D eigenvalue weighted by Gasteiger charge is 2.50. The van der Waals surface area contributed by atoms with Crippen molar-refractivity contribution in [1.82, 2.24) is 10.6 Å². The Bertz CT molecular complexity index is 1010. The van der Waals surface area contributed by atoms with Gasteiger partial charge in [0.15, 0.2) is 12.6 Å². The average Bonchev–Trinajstić information content (AvgIpc) is 3.19. The molecule has 0 aliphatic carbocycles. The largest absolute Gasteiger partial charge is 0.412 e. The van der Waals surface area contributed by atoms with E-state index in [4.69, 9.17) is 18.9 Å². The monoisotopic (exact) mass is 835 g/mol. The van der Waals surface area contributed by atoms with Gasteiger partial charge in [-0.1, -0.05) is 155 Å². The van der Waals surface area contributed by atoms with E-state index in [-0.39, 0.29) is 30.5 Å². The first-order valence-corrected chi connectivity index (χ1v) is 23.0. The van der Waals surface area contributed by atoms with Crippen LogP contribution in [-0.2, 0) is 28.5 Å². The van der Waals surface area contributed by atoms with Gasteiger partial charge in [-0.15, -0.1) is 0 Å². The van der Waals surface area contributed by atoms with Gasteiger partial charge in [0.2, 0.25) is 11.8 Å². The quantitative estimate of drug-likeness (QED) is 0.0414. The van der Waals surface area contributed by atoms with Crippen molar-refractivity contribution in [1.29, 1.82) is 0 Å². The number of amides is 2. The molecule has 2 rings (SSSR count). The van der Waals surface area contributed by atoms with E-state index in [1.54, 1.807) is 0 Å². The molecule has 0 radical (unpaired) electrons. The molecule has 0 spiro atoms. The molecule has 0 bridgehead atoms. The normalized spacial score (nSPS) is 26.5. The second kappa shape index (κ2) is 34.2. The number of nitrogens with one attached hydrogen (secondary N) is 2. The van der Waals surface area contributed by atoms with Gasteiger partial charge in [-0.25, -0.2) is 0 Å². The van der Waals surface area contributed by atoms with E-state index in [2.05, 4.69) is 24.5 Å². The van der Waals surface area contributed by atoms with Crippen molar-refractivity contribution in [3.8, 4) is 0 Å². The van der Waals surface area contributed by atoms with Crippen LogP contribution in [0.3, 0.4) is 0 Å². The fourth-order valence-electron chi connectivity index (χ4n) is 7.96. The zero-order valence-electron chi connectivity index (χ0n) is 36.5. The molecule has 14 heteroatoms. The van der Waals surface area contributed by atoms with Gasteiger partial charge in [-0.05, 0) is 12.8 Å². The van der Waals surface area contributed by atoms with Crippen molar-refractivity contribution in [2.24, 2.45) is 0 Å². The molecule has 2 amide bonds. The summed E-state index contributed by atoms with van der Waals surface area (Å²) in [5.41, 5.74) is 0. The van der Waals surface area contributed by atoms with Crippen LogP contribution in [0.5, 0.6) is 0 Å². The van der Waals surface area contributed by atoms with Crippen LogP contribution in [-0.4, -0.2) is 124 Å². The summed E-state index contributed by atoms with van der Waals surface area (Å²) in [5.74, 6) is -0.494. The van der Waals surface area contributed by atoms with E-state index >= 15 is 0 Å². The SMILES string of the molecule is CCCCCCCCCCCCCCCCCC(=O)NC(CCCCCCCCCC)CO[C@@H]1OC(CO)[C@@H](O[C@@H]2OC(CO)C[C@H](O)C2O)[C@H](O)C1NC(C)=O.O. The molecule has 58 heavy (non-hydrogen) atoms. The first kappa shape index (κ1) is 54.6. The molecular weight excluding hydrogens is 748 g/mol. The highest BCUT2D eigenvalue weighted by molar-refractivity contribution is 5.76. The van der Waals surface area contributed by atoms with Crippen LogP contribution in [0.2, 0.25) is 0 Å². The van der Waals surface area contributed by atoms with E-state index in [1.807, 2.05) is 0 Å². The molecule has 0 saturated carbocycles. The maximum absolute atomic E-state index is 13.2. The van der Waals surface area contributed by atoms with Crippen LogP contribution < -0.4 is 10.6 Å². The van der Waals surface area contributed by atoms with E-state index in [0.29, 0.717) is 12.8 Å². The van der Waals surface area contributed by atoms with Crippen molar-refractivity contribution >= 4 is 11.8 Å². The third-order valence-corrected chi connectivity index (χ3v) is 11.5. The van der Waals surface area contributed by atoms with Crippen LogP contribution in [0, 0.1) is 0 Å². The van der Waals surface area contributed by atoms with Crippen molar-refractivity contribution in [3.05, 3.63) is 0 Å². The van der Waals surface area contributed by atoms with E-state index < -0.39 is 74.4 Å². The third kappa shape index (κ3) is 22.9. The highest BCUT2D eigenvalue weighted by atomic mass is 16.7. The molecule has 10 atom stereocenters. The zero-order chi connectivity index (χ0) is 41.7. The lowest BCUT2D eigenvalue weighted by Gasteiger charge is -2.46. The molecule has 2 saturated heterocycles. The summed E-state index contributed by atoms with van der Waals surface area (Å²) in [5, 5.41) is 58.0. The Morgan fingerprint density at radius 1 is 0.672 bits per heavy atom. The molecule has 5 unspecified atom stereocenters. The van der Waals surface area contributed by atoms with Crippen LogP contribution in [0.15, 0.2) is 0 Å². The van der Waals surface area contributed by atoms with Crippen molar-refractivity contribution < 1.29 is 59.5 Å². The summed E-state index contributed by atoms with van der Waals surface area (Å²) in [4.78, 5) is 25.4. The van der Waals surface area contributed by atoms with Crippen LogP contribution >= 0.6 is 0 Å². The smallest absolute Gasteiger partial charge is 0.220 e. The standard InChI is InChI=1S/C44H84N2O11.H2O/c1-4-6-8-10-12-14-15-16-17-18-19-20-22-24-26-28-38(51)46-34(27-25-23-21-13-11-9-7-5-2)32-54-43-39(45-33(3)49)41(53)42(37(31-48)56-43)57-44-40(52)36(50)29-35(30-47)55-44;/h34-37,39-44,47-48,50,52-53H,4-32H2,1-3H3,(H,45,49)(H,46,51);1H2/t34?,35?,36-,37?,39?,40?,41+,42+,43+,44-;/m0./s1. The molecule has 2 aliphatic rings. The van der Waals surface area contributed by atoms with Gasteiger partial charge >= 0.3 is 0 Å². The molecule has 2 heterocycles. The summed E-state index contributed by atoms with van der Waals surface area (Å²) in [6, 6.07) is -1.45. The zero-order valence-corrected chi connectivity index (χ0v) is 36.5. The van der Waals surface area contributed by atoms with Crippen LogP contribution in [0.4, 0.5) is 0 Å². The number of carbonyl (C=O) groups is 2. The summed E-state index contributed by atoms with van der Waals surface area (Å²) < 4.78 is 23.7. The second-order valence-electron chi connectivity index (χ2n) is 16.7. The Kier molecular flexibility index (Phi) is 32.1. The molecule has 9 N–H and O–H groups in total. The lowest BCUT2D eigenvalue weighted by atomic mass is 9.96. The van der Waals surface area contributed by atoms with E-state index in [1.165, 1.54) is 116 Å². The number of unbranched alkanes of at least 4 members (excludes halogenated alkanes) is 21. The topological polar surface area (TPSA) is 228 Å². The predicted molar refractivity (Wildman–Crippen MR) is 225 cm³/mol. The second-order valence-corrected chi connectivity index (χ2v) is 16.7. The third-order valence-electron chi connectivity index (χ3n) is 11.5. The molecule has 0 aromatic heterocycles. The van der Waals surface area contributed by atoms with Gasteiger partial charge in [-0.3, -0.25) is 9.59 Å². The summed E-state index contributed by atoms with van der Waals surface area (Å²) >= 11 is 0. The van der Waals surface area contributed by atoms with Crippen LogP contribution in [0.25, 0.3) is 0 Å². The first-order chi connectivity index (χ1) is 27.6. The van der Waals surface area contributed by atoms with Crippen molar-refractivity contribution in [3.63, 3.8) is 0 Å². The Morgan fingerprint density at radius 2 is 1.17 bits per heavy atom. The number of carbonyl (C=O) groups excluding carboxylic acids is 2. The van der Waals surface area contributed by atoms with Gasteiger partial charge in [0.25, 0.3) is 0 Å². The Hall–Kier alpha value is -1.46. The minimum atomic E-state index is -1.48. The van der Waals surface area contributed by atoms with Crippen LogP contribution in [0.1, 0.15) is 188 Å². The minimum absolute atomic E-state index is 0. The maximum atomic E-state index is 13.2. The number of aliphatic hydroxyl groups excluding tert-OH is 5. The lowest BCUT2D eigenvalue weighted by molar-refractivity contribution is -0.336. The number of aliphatic hydroxyl groups is 5. The lowest BCUT2D eigenvalue weighted by Crippen LogP contribution is -2.67. The fraction of sp³-hybridized carbons (Fsp3) is 0.955. The Morgan fingerprint density at radius 3 is 1.66 bits per heavy atom. The predicted octanol–water partition coefficient (Wildman–Crippen LogP) is 5.25. The Balaban J connectivity index is 0.0000168. The molecule has 2 aliphatic heterocycles. The van der Waals surface area contributed by atoms with Gasteiger partial charge in [0.05, 0.1) is 38.1 Å². The van der Waals surface area contributed by atoms with Gasteiger partial charge in [0.1, 0.15) is 30.5 Å². The average molecular weight is 835 g/mol. The minimum Gasteiger partial charge on any atom is -0.412 e.